The van der Waals surface area contributed by atoms with Crippen LogP contribution in [-0.2, 0) is 0 Å². The first-order valence-corrected chi connectivity index (χ1v) is 6.14. The summed E-state index contributed by atoms with van der Waals surface area (Å²) < 4.78 is 0. The van der Waals surface area contributed by atoms with Gasteiger partial charge in [-0.1, -0.05) is 29.8 Å². The van der Waals surface area contributed by atoms with Crippen LogP contribution in [-0.4, -0.2) is 16.0 Å². The molecule has 2 rings (SSSR count). The van der Waals surface area contributed by atoms with Crippen LogP contribution in [0.1, 0.15) is 13.8 Å². The van der Waals surface area contributed by atoms with Gasteiger partial charge in [-0.15, -0.1) is 0 Å². The lowest BCUT2D eigenvalue weighted by atomic mass is 10.3. The van der Waals surface area contributed by atoms with Crippen molar-refractivity contribution in [3.63, 3.8) is 0 Å². The summed E-state index contributed by atoms with van der Waals surface area (Å²) in [5, 5.41) is 6.72. The van der Waals surface area contributed by atoms with Crippen LogP contribution in [0.15, 0.2) is 36.4 Å². The van der Waals surface area contributed by atoms with E-state index < -0.39 is 0 Å². The summed E-state index contributed by atoms with van der Waals surface area (Å²) in [5.41, 5.74) is 0.926. The Labute approximate surface area is 111 Å². The Balaban J connectivity index is 2.20. The monoisotopic (exact) mass is 262 g/mol. The van der Waals surface area contributed by atoms with E-state index in [4.69, 9.17) is 11.6 Å². The molecule has 0 atom stereocenters. The Morgan fingerprint density at radius 3 is 2.50 bits per heavy atom. The molecule has 0 saturated heterocycles. The molecule has 1 aromatic carbocycles. The van der Waals surface area contributed by atoms with Gasteiger partial charge in [-0.3, -0.25) is 0 Å². The number of nitrogens with zero attached hydrogens (tertiary/aromatic N) is 2. The van der Waals surface area contributed by atoms with E-state index in [-0.39, 0.29) is 0 Å². The second-order valence-electron chi connectivity index (χ2n) is 4.19. The van der Waals surface area contributed by atoms with Gasteiger partial charge in [0.25, 0.3) is 0 Å². The maximum Gasteiger partial charge on any atom is 0.230 e. The van der Waals surface area contributed by atoms with Crippen LogP contribution in [0.25, 0.3) is 0 Å². The minimum Gasteiger partial charge on any atom is -0.368 e. The zero-order valence-electron chi connectivity index (χ0n) is 10.3. The number of anilines is 3. The smallest absolute Gasteiger partial charge is 0.230 e. The van der Waals surface area contributed by atoms with Crippen molar-refractivity contribution in [1.82, 2.24) is 9.97 Å². The van der Waals surface area contributed by atoms with Gasteiger partial charge in [-0.25, -0.2) is 4.98 Å². The molecule has 0 spiro atoms. The molecule has 0 unspecified atom stereocenters. The normalized spacial score (nSPS) is 10.4. The zero-order valence-corrected chi connectivity index (χ0v) is 11.1. The molecule has 0 fully saturated rings. The van der Waals surface area contributed by atoms with Crippen LogP contribution in [0.5, 0.6) is 0 Å². The highest BCUT2D eigenvalue weighted by atomic mass is 35.5. The highest BCUT2D eigenvalue weighted by Gasteiger charge is 2.04. The lowest BCUT2D eigenvalue weighted by Gasteiger charge is -2.11. The molecule has 4 nitrogen and oxygen atoms in total. The SMILES string of the molecule is CC(C)Nc1cc(Cl)nc(Nc2ccccc2)n1. The molecule has 0 amide bonds. The largest absolute Gasteiger partial charge is 0.368 e. The molecule has 2 aromatic rings. The molecule has 94 valence electrons. The lowest BCUT2D eigenvalue weighted by Crippen LogP contribution is -2.12. The van der Waals surface area contributed by atoms with E-state index in [1.807, 2.05) is 44.2 Å². The predicted octanol–water partition coefficient (Wildman–Crippen LogP) is 3.69. The van der Waals surface area contributed by atoms with E-state index in [2.05, 4.69) is 20.6 Å². The minimum absolute atomic E-state index is 0.292. The molecule has 0 aliphatic carbocycles. The number of hydrogen-bond acceptors (Lipinski definition) is 4. The van der Waals surface area contributed by atoms with Crippen molar-refractivity contribution in [2.24, 2.45) is 0 Å². The van der Waals surface area contributed by atoms with Crippen LogP contribution in [0, 0.1) is 0 Å². The molecule has 2 N–H and O–H groups in total. The average Bonchev–Trinajstić information content (AvgIpc) is 2.28. The fraction of sp³-hybridized carbons (Fsp3) is 0.231. The lowest BCUT2D eigenvalue weighted by molar-refractivity contribution is 0.887. The second-order valence-corrected chi connectivity index (χ2v) is 4.58. The number of aromatic nitrogens is 2. The molecular weight excluding hydrogens is 248 g/mol. The van der Waals surface area contributed by atoms with E-state index >= 15 is 0 Å². The van der Waals surface area contributed by atoms with Crippen molar-refractivity contribution >= 4 is 29.1 Å². The first kappa shape index (κ1) is 12.6. The van der Waals surface area contributed by atoms with Gasteiger partial charge in [0, 0.05) is 17.8 Å². The van der Waals surface area contributed by atoms with Gasteiger partial charge in [0.2, 0.25) is 5.95 Å². The Morgan fingerprint density at radius 2 is 1.83 bits per heavy atom. The van der Waals surface area contributed by atoms with Gasteiger partial charge in [-0.05, 0) is 26.0 Å². The Bertz CT molecular complexity index is 514. The second kappa shape index (κ2) is 5.69. The third-order valence-corrected chi connectivity index (χ3v) is 2.35. The van der Waals surface area contributed by atoms with Gasteiger partial charge in [-0.2, -0.15) is 4.98 Å². The number of nitrogens with one attached hydrogen (secondary N) is 2. The standard InChI is InChI=1S/C13H15ClN4/c1-9(2)15-12-8-11(14)17-13(18-12)16-10-6-4-3-5-7-10/h3-9H,1-2H3,(H2,15,16,17,18). The summed E-state index contributed by atoms with van der Waals surface area (Å²) in [6.07, 6.45) is 0. The average molecular weight is 263 g/mol. The van der Waals surface area contributed by atoms with Crippen molar-refractivity contribution < 1.29 is 0 Å². The summed E-state index contributed by atoms with van der Waals surface area (Å²) in [4.78, 5) is 8.49. The fourth-order valence-electron chi connectivity index (χ4n) is 1.49. The van der Waals surface area contributed by atoms with Gasteiger partial charge in [0.15, 0.2) is 0 Å². The van der Waals surface area contributed by atoms with Crippen LogP contribution >= 0.6 is 11.6 Å². The quantitative estimate of drug-likeness (QED) is 0.825. The molecule has 1 heterocycles. The summed E-state index contributed by atoms with van der Waals surface area (Å²) in [5.74, 6) is 1.19. The van der Waals surface area contributed by atoms with Gasteiger partial charge in [0.1, 0.15) is 11.0 Å². The number of halogens is 1. The molecule has 0 aliphatic heterocycles. The van der Waals surface area contributed by atoms with Crippen molar-refractivity contribution in [2.75, 3.05) is 10.6 Å². The molecule has 1 aromatic heterocycles. The van der Waals surface area contributed by atoms with E-state index in [0.717, 1.165) is 5.69 Å². The van der Waals surface area contributed by atoms with Gasteiger partial charge < -0.3 is 10.6 Å². The van der Waals surface area contributed by atoms with Crippen molar-refractivity contribution in [1.29, 1.82) is 0 Å². The molecule has 0 aliphatic rings. The van der Waals surface area contributed by atoms with E-state index in [1.165, 1.54) is 0 Å². The van der Waals surface area contributed by atoms with Crippen molar-refractivity contribution in [2.45, 2.75) is 19.9 Å². The first-order chi connectivity index (χ1) is 8.63. The topological polar surface area (TPSA) is 49.8 Å². The first-order valence-electron chi connectivity index (χ1n) is 5.76. The Kier molecular flexibility index (Phi) is 3.99. The number of benzene rings is 1. The molecule has 0 radical (unpaired) electrons. The van der Waals surface area contributed by atoms with Crippen molar-refractivity contribution in [3.8, 4) is 0 Å². The maximum absolute atomic E-state index is 5.97. The highest BCUT2D eigenvalue weighted by molar-refractivity contribution is 6.29. The summed E-state index contributed by atoms with van der Waals surface area (Å²) in [6, 6.07) is 11.7. The van der Waals surface area contributed by atoms with E-state index in [9.17, 15) is 0 Å². The molecule has 18 heavy (non-hydrogen) atoms. The van der Waals surface area contributed by atoms with Gasteiger partial charge in [0.05, 0.1) is 0 Å². The Hall–Kier alpha value is -1.81. The van der Waals surface area contributed by atoms with Crippen LogP contribution < -0.4 is 10.6 Å². The zero-order chi connectivity index (χ0) is 13.0. The van der Waals surface area contributed by atoms with E-state index in [1.54, 1.807) is 6.07 Å². The van der Waals surface area contributed by atoms with Crippen LogP contribution in [0.3, 0.4) is 0 Å². The highest BCUT2D eigenvalue weighted by Crippen LogP contribution is 2.18. The van der Waals surface area contributed by atoms with Gasteiger partial charge >= 0.3 is 0 Å². The number of rotatable bonds is 4. The number of para-hydroxylation sites is 1. The Morgan fingerprint density at radius 1 is 1.11 bits per heavy atom. The predicted molar refractivity (Wildman–Crippen MR) is 75.5 cm³/mol. The molecule has 5 heteroatoms. The molecule has 0 bridgehead atoms. The molecular formula is C13H15ClN4. The van der Waals surface area contributed by atoms with Crippen LogP contribution in [0.4, 0.5) is 17.5 Å². The van der Waals surface area contributed by atoms with E-state index in [0.29, 0.717) is 23.0 Å². The summed E-state index contributed by atoms with van der Waals surface area (Å²) in [6.45, 7) is 4.08. The minimum atomic E-state index is 0.292. The third-order valence-electron chi connectivity index (χ3n) is 2.16. The maximum atomic E-state index is 5.97. The van der Waals surface area contributed by atoms with Crippen molar-refractivity contribution in [3.05, 3.63) is 41.6 Å². The summed E-state index contributed by atoms with van der Waals surface area (Å²) >= 11 is 5.97. The molecule has 0 saturated carbocycles. The fourth-order valence-corrected chi connectivity index (χ4v) is 1.68. The number of hydrogen-bond donors (Lipinski definition) is 2. The van der Waals surface area contributed by atoms with Crippen LogP contribution in [0.2, 0.25) is 5.15 Å². The summed E-state index contributed by atoms with van der Waals surface area (Å²) in [7, 11) is 0. The third kappa shape index (κ3) is 3.60.